The van der Waals surface area contributed by atoms with Crippen LogP contribution in [-0.2, 0) is 4.79 Å². The van der Waals surface area contributed by atoms with E-state index in [4.69, 9.17) is 4.74 Å². The van der Waals surface area contributed by atoms with Crippen molar-refractivity contribution in [2.75, 3.05) is 0 Å². The average Bonchev–Trinajstić information content (AvgIpc) is 2.40. The molecule has 1 aromatic rings. The molecular formula is C15H19F2IO2. The number of hydrogen-bond acceptors (Lipinski definition) is 2. The molecule has 1 rings (SSSR count). The van der Waals surface area contributed by atoms with Gasteiger partial charge in [0.05, 0.1) is 0 Å². The van der Waals surface area contributed by atoms with E-state index >= 15 is 0 Å². The number of ether oxygens (including phenoxy) is 1. The first-order valence-corrected chi connectivity index (χ1v) is 7.99. The summed E-state index contributed by atoms with van der Waals surface area (Å²) in [7, 11) is 0. The van der Waals surface area contributed by atoms with E-state index < -0.39 is 17.6 Å². The highest BCUT2D eigenvalue weighted by Crippen LogP contribution is 2.23. The van der Waals surface area contributed by atoms with E-state index in [0.717, 1.165) is 19.3 Å². The second-order valence-electron chi connectivity index (χ2n) is 4.76. The highest BCUT2D eigenvalue weighted by Gasteiger charge is 2.15. The van der Waals surface area contributed by atoms with Gasteiger partial charge >= 0.3 is 5.97 Å². The predicted molar refractivity (Wildman–Crippen MR) is 83.3 cm³/mol. The van der Waals surface area contributed by atoms with Gasteiger partial charge in [-0.3, -0.25) is 4.79 Å². The quantitative estimate of drug-likeness (QED) is 0.282. The molecule has 2 nitrogen and oxygen atoms in total. The maximum Gasteiger partial charge on any atom is 0.311 e. The van der Waals surface area contributed by atoms with Crippen molar-refractivity contribution in [3.05, 3.63) is 29.3 Å². The monoisotopic (exact) mass is 396 g/mol. The molecule has 0 amide bonds. The average molecular weight is 396 g/mol. The van der Waals surface area contributed by atoms with Crippen LogP contribution in [0.3, 0.4) is 0 Å². The summed E-state index contributed by atoms with van der Waals surface area (Å²) in [5.41, 5.74) is 0.189. The number of benzene rings is 1. The van der Waals surface area contributed by atoms with E-state index in [2.05, 4.69) is 29.5 Å². The summed E-state index contributed by atoms with van der Waals surface area (Å²) in [6, 6.07) is 2.67. The van der Waals surface area contributed by atoms with E-state index in [0.29, 0.717) is 10.3 Å². The van der Waals surface area contributed by atoms with Gasteiger partial charge in [0.15, 0.2) is 11.6 Å². The van der Waals surface area contributed by atoms with Gasteiger partial charge in [-0.2, -0.15) is 4.39 Å². The Morgan fingerprint density at radius 1 is 1.30 bits per heavy atom. The second-order valence-corrected chi connectivity index (χ2v) is 6.52. The van der Waals surface area contributed by atoms with Crippen LogP contribution in [0.25, 0.3) is 0 Å². The summed E-state index contributed by atoms with van der Waals surface area (Å²) >= 11 is 2.36. The van der Waals surface area contributed by atoms with Gasteiger partial charge in [-0.25, -0.2) is 4.39 Å². The fraction of sp³-hybridized carbons (Fsp3) is 0.533. The van der Waals surface area contributed by atoms with Gasteiger partial charge in [-0.05, 0) is 37.8 Å². The van der Waals surface area contributed by atoms with E-state index in [1.54, 1.807) is 0 Å². The van der Waals surface area contributed by atoms with Gasteiger partial charge in [0.2, 0.25) is 5.82 Å². The topological polar surface area (TPSA) is 26.3 Å². The van der Waals surface area contributed by atoms with Crippen molar-refractivity contribution in [1.29, 1.82) is 0 Å². The van der Waals surface area contributed by atoms with Crippen molar-refractivity contribution in [3.63, 3.8) is 0 Å². The van der Waals surface area contributed by atoms with Crippen LogP contribution in [-0.4, -0.2) is 9.89 Å². The number of halogens is 3. The SMILES string of the molecule is CCCC(I)CCCC(=O)Oc1ccc(C)c(F)c1F. The first kappa shape index (κ1) is 17.3. The number of rotatable bonds is 7. The Kier molecular flexibility index (Phi) is 7.40. The predicted octanol–water partition coefficient (Wildman–Crippen LogP) is 4.95. The summed E-state index contributed by atoms with van der Waals surface area (Å²) in [4.78, 5) is 11.6. The van der Waals surface area contributed by atoms with Crippen LogP contribution in [0, 0.1) is 18.6 Å². The fourth-order valence-electron chi connectivity index (χ4n) is 1.81. The molecule has 1 aromatic carbocycles. The molecule has 0 saturated carbocycles. The van der Waals surface area contributed by atoms with Crippen molar-refractivity contribution >= 4 is 28.6 Å². The molecule has 0 aromatic heterocycles. The highest BCUT2D eigenvalue weighted by atomic mass is 127. The van der Waals surface area contributed by atoms with Crippen LogP contribution in [0.2, 0.25) is 0 Å². The van der Waals surface area contributed by atoms with E-state index in [1.807, 2.05) is 0 Å². The maximum atomic E-state index is 13.5. The molecule has 0 aliphatic carbocycles. The fourth-order valence-corrected chi connectivity index (χ4v) is 2.87. The van der Waals surface area contributed by atoms with Crippen molar-refractivity contribution in [1.82, 2.24) is 0 Å². The lowest BCUT2D eigenvalue weighted by Crippen LogP contribution is -2.10. The van der Waals surface area contributed by atoms with Gasteiger partial charge in [0.25, 0.3) is 0 Å². The molecule has 0 heterocycles. The highest BCUT2D eigenvalue weighted by molar-refractivity contribution is 14.1. The standard InChI is InChI=1S/C15H19F2IO2/c1-3-5-11(18)6-4-7-13(19)20-12-9-8-10(2)14(16)15(12)17/h8-9,11H,3-7H2,1-2H3. The van der Waals surface area contributed by atoms with Crippen molar-refractivity contribution < 1.29 is 18.3 Å². The molecule has 0 fully saturated rings. The van der Waals surface area contributed by atoms with Crippen LogP contribution in [0.4, 0.5) is 8.78 Å². The molecule has 5 heteroatoms. The lowest BCUT2D eigenvalue weighted by Gasteiger charge is -2.09. The number of alkyl halides is 1. The third-order valence-corrected chi connectivity index (χ3v) is 4.21. The van der Waals surface area contributed by atoms with Crippen molar-refractivity contribution in [2.45, 2.75) is 49.9 Å². The van der Waals surface area contributed by atoms with Crippen LogP contribution in [0.1, 0.15) is 44.6 Å². The lowest BCUT2D eigenvalue weighted by molar-refractivity contribution is -0.134. The molecule has 1 atom stereocenters. The van der Waals surface area contributed by atoms with Gasteiger partial charge in [0, 0.05) is 10.3 Å². The minimum Gasteiger partial charge on any atom is -0.423 e. The Morgan fingerprint density at radius 3 is 2.65 bits per heavy atom. The van der Waals surface area contributed by atoms with Gasteiger partial charge in [-0.1, -0.05) is 42.0 Å². The molecule has 0 radical (unpaired) electrons. The number of carbonyl (C=O) groups is 1. The van der Waals surface area contributed by atoms with Crippen LogP contribution in [0.5, 0.6) is 5.75 Å². The van der Waals surface area contributed by atoms with Gasteiger partial charge < -0.3 is 4.74 Å². The Labute approximate surface area is 132 Å². The number of esters is 1. The Morgan fingerprint density at radius 2 is 2.00 bits per heavy atom. The number of aryl methyl sites for hydroxylation is 1. The molecule has 0 bridgehead atoms. The summed E-state index contributed by atoms with van der Waals surface area (Å²) in [6.45, 7) is 3.58. The molecule has 0 saturated heterocycles. The first-order valence-electron chi connectivity index (χ1n) is 6.75. The van der Waals surface area contributed by atoms with Crippen molar-refractivity contribution in [3.8, 4) is 5.75 Å². The summed E-state index contributed by atoms with van der Waals surface area (Å²) in [5, 5.41) is 0. The maximum absolute atomic E-state index is 13.5. The lowest BCUT2D eigenvalue weighted by atomic mass is 10.1. The van der Waals surface area contributed by atoms with Crippen LogP contribution < -0.4 is 4.74 Å². The van der Waals surface area contributed by atoms with E-state index in [9.17, 15) is 13.6 Å². The molecule has 0 aliphatic heterocycles. The second kappa shape index (κ2) is 8.54. The number of carbonyl (C=O) groups excluding carboxylic acids is 1. The molecular weight excluding hydrogens is 377 g/mol. The molecule has 0 aliphatic rings. The van der Waals surface area contributed by atoms with Crippen LogP contribution >= 0.6 is 22.6 Å². The minimum atomic E-state index is -1.10. The third-order valence-electron chi connectivity index (χ3n) is 2.96. The largest absolute Gasteiger partial charge is 0.423 e. The molecule has 20 heavy (non-hydrogen) atoms. The van der Waals surface area contributed by atoms with Gasteiger partial charge in [0.1, 0.15) is 0 Å². The van der Waals surface area contributed by atoms with Gasteiger partial charge in [-0.15, -0.1) is 0 Å². The Balaban J connectivity index is 2.45. The molecule has 0 N–H and O–H groups in total. The summed E-state index contributed by atoms with van der Waals surface area (Å²) in [5.74, 6) is -2.92. The summed E-state index contributed by atoms with van der Waals surface area (Å²) in [6.07, 6.45) is 4.08. The third kappa shape index (κ3) is 5.34. The summed E-state index contributed by atoms with van der Waals surface area (Å²) < 4.78 is 32.2. The number of hydrogen-bond donors (Lipinski definition) is 0. The Bertz CT molecular complexity index is 463. The zero-order chi connectivity index (χ0) is 15.1. The van der Waals surface area contributed by atoms with E-state index in [1.165, 1.54) is 19.1 Å². The first-order chi connectivity index (χ1) is 9.45. The zero-order valence-corrected chi connectivity index (χ0v) is 13.9. The minimum absolute atomic E-state index is 0.189. The zero-order valence-electron chi connectivity index (χ0n) is 11.7. The molecule has 1 unspecified atom stereocenters. The normalized spacial score (nSPS) is 12.2. The van der Waals surface area contributed by atoms with Crippen molar-refractivity contribution in [2.24, 2.45) is 0 Å². The van der Waals surface area contributed by atoms with Crippen LogP contribution in [0.15, 0.2) is 12.1 Å². The molecule has 0 spiro atoms. The smallest absolute Gasteiger partial charge is 0.311 e. The molecule has 112 valence electrons. The van der Waals surface area contributed by atoms with E-state index in [-0.39, 0.29) is 17.7 Å². The Hall–Kier alpha value is -0.720.